The minimum Gasteiger partial charge on any atom is -0.496 e. The van der Waals surface area contributed by atoms with E-state index in [1.54, 1.807) is 14.2 Å². The van der Waals surface area contributed by atoms with Crippen molar-refractivity contribution in [2.75, 3.05) is 31.0 Å². The first-order valence-electron chi connectivity index (χ1n) is 7.43. The van der Waals surface area contributed by atoms with Gasteiger partial charge in [0.05, 0.1) is 25.7 Å². The molecule has 0 amide bonds. The molecule has 2 aromatic rings. The molecule has 0 bridgehead atoms. The lowest BCUT2D eigenvalue weighted by Gasteiger charge is -2.16. The van der Waals surface area contributed by atoms with Gasteiger partial charge in [0.25, 0.3) is 0 Å². The number of sulfone groups is 1. The summed E-state index contributed by atoms with van der Waals surface area (Å²) in [5.41, 5.74) is 1.70. The van der Waals surface area contributed by atoms with Gasteiger partial charge in [-0.3, -0.25) is 0 Å². The lowest BCUT2D eigenvalue weighted by Crippen LogP contribution is -2.21. The van der Waals surface area contributed by atoms with Crippen LogP contribution in [-0.2, 0) is 9.84 Å². The lowest BCUT2D eigenvalue weighted by molar-refractivity contribution is 0.409. The molecule has 1 unspecified atom stereocenters. The van der Waals surface area contributed by atoms with Gasteiger partial charge in [0.2, 0.25) is 0 Å². The van der Waals surface area contributed by atoms with Gasteiger partial charge < -0.3 is 14.8 Å². The molecule has 1 aromatic heterocycles. The van der Waals surface area contributed by atoms with Gasteiger partial charge >= 0.3 is 0 Å². The van der Waals surface area contributed by atoms with E-state index in [-0.39, 0.29) is 17.5 Å². The van der Waals surface area contributed by atoms with E-state index in [9.17, 15) is 8.42 Å². The fourth-order valence-electron chi connectivity index (χ4n) is 3.00. The Morgan fingerprint density at radius 3 is 2.52 bits per heavy atom. The van der Waals surface area contributed by atoms with Crippen molar-refractivity contribution in [2.45, 2.75) is 19.4 Å². The number of rotatable bonds is 4. The molecule has 7 heteroatoms. The normalized spacial score (nSPS) is 19.7. The van der Waals surface area contributed by atoms with Crippen molar-refractivity contribution in [3.63, 3.8) is 0 Å². The van der Waals surface area contributed by atoms with E-state index in [0.717, 1.165) is 16.7 Å². The average molecular weight is 336 g/mol. The number of hydrogen-bond acceptors (Lipinski definition) is 6. The van der Waals surface area contributed by atoms with Crippen molar-refractivity contribution in [1.29, 1.82) is 0 Å². The van der Waals surface area contributed by atoms with Gasteiger partial charge in [-0.15, -0.1) is 0 Å². The van der Waals surface area contributed by atoms with E-state index < -0.39 is 9.84 Å². The Morgan fingerprint density at radius 1 is 1.22 bits per heavy atom. The van der Waals surface area contributed by atoms with E-state index in [0.29, 0.717) is 23.5 Å². The highest BCUT2D eigenvalue weighted by atomic mass is 32.2. The summed E-state index contributed by atoms with van der Waals surface area (Å²) < 4.78 is 34.0. The molecule has 124 valence electrons. The van der Waals surface area contributed by atoms with Gasteiger partial charge in [0.1, 0.15) is 22.8 Å². The average Bonchev–Trinajstić information content (AvgIpc) is 2.84. The molecule has 23 heavy (non-hydrogen) atoms. The highest BCUT2D eigenvalue weighted by molar-refractivity contribution is 7.91. The smallest absolute Gasteiger partial charge is 0.152 e. The molecular weight excluding hydrogens is 316 g/mol. The second-order valence-corrected chi connectivity index (χ2v) is 7.99. The lowest BCUT2D eigenvalue weighted by atomic mass is 10.1. The summed E-state index contributed by atoms with van der Waals surface area (Å²) >= 11 is 0. The Bertz CT molecular complexity index is 849. The van der Waals surface area contributed by atoms with Crippen LogP contribution in [0.2, 0.25) is 0 Å². The van der Waals surface area contributed by atoms with Crippen molar-refractivity contribution in [2.24, 2.45) is 0 Å². The molecule has 1 aromatic carbocycles. The number of benzene rings is 1. The molecular formula is C16H20N2O4S. The number of anilines is 1. The van der Waals surface area contributed by atoms with Gasteiger partial charge in [0.15, 0.2) is 9.84 Å². The molecule has 0 radical (unpaired) electrons. The van der Waals surface area contributed by atoms with E-state index in [4.69, 9.17) is 9.47 Å². The maximum atomic E-state index is 11.6. The van der Waals surface area contributed by atoms with Crippen LogP contribution in [0.5, 0.6) is 11.5 Å². The van der Waals surface area contributed by atoms with Crippen molar-refractivity contribution in [1.82, 2.24) is 4.98 Å². The Morgan fingerprint density at radius 2 is 1.91 bits per heavy atom. The molecule has 1 saturated heterocycles. The zero-order valence-corrected chi connectivity index (χ0v) is 14.2. The number of hydrogen-bond donors (Lipinski definition) is 1. The third-order valence-electron chi connectivity index (χ3n) is 4.11. The first-order valence-corrected chi connectivity index (χ1v) is 9.25. The minimum absolute atomic E-state index is 0.0963. The second-order valence-electron chi connectivity index (χ2n) is 5.76. The summed E-state index contributed by atoms with van der Waals surface area (Å²) in [6, 6.07) is 5.49. The van der Waals surface area contributed by atoms with E-state index in [1.807, 2.05) is 25.1 Å². The summed E-state index contributed by atoms with van der Waals surface area (Å²) in [6.07, 6.45) is 0.607. The van der Waals surface area contributed by atoms with Crippen molar-refractivity contribution >= 4 is 26.6 Å². The van der Waals surface area contributed by atoms with Crippen LogP contribution in [0.4, 0.5) is 5.82 Å². The Kier molecular flexibility index (Phi) is 4.06. The quantitative estimate of drug-likeness (QED) is 0.922. The van der Waals surface area contributed by atoms with E-state index in [2.05, 4.69) is 10.3 Å². The van der Waals surface area contributed by atoms with E-state index in [1.165, 1.54) is 0 Å². The van der Waals surface area contributed by atoms with Crippen molar-refractivity contribution in [3.05, 3.63) is 23.8 Å². The number of aromatic nitrogens is 1. The highest BCUT2D eigenvalue weighted by Crippen LogP contribution is 2.35. The standard InChI is InChI=1S/C16H20N2O4S/c1-10-8-14(17-11-6-7-23(19,20)9-11)18-16-13(22-3)5-4-12(21-2)15(10)16/h4-5,8,11H,6-7,9H2,1-3H3,(H,17,18). The van der Waals surface area contributed by atoms with Crippen LogP contribution in [0, 0.1) is 6.92 Å². The third-order valence-corrected chi connectivity index (χ3v) is 5.87. The largest absolute Gasteiger partial charge is 0.496 e. The molecule has 0 spiro atoms. The number of fused-ring (bicyclic) bond motifs is 1. The first kappa shape index (κ1) is 15.9. The number of methoxy groups -OCH3 is 2. The topological polar surface area (TPSA) is 77.5 Å². The monoisotopic (exact) mass is 336 g/mol. The predicted molar refractivity (Wildman–Crippen MR) is 90.3 cm³/mol. The van der Waals surface area contributed by atoms with Gasteiger partial charge in [-0.05, 0) is 37.1 Å². The van der Waals surface area contributed by atoms with Crippen molar-refractivity contribution < 1.29 is 17.9 Å². The zero-order chi connectivity index (χ0) is 16.6. The molecule has 0 aliphatic carbocycles. The van der Waals surface area contributed by atoms with E-state index >= 15 is 0 Å². The van der Waals surface area contributed by atoms with Crippen LogP contribution in [-0.4, -0.2) is 45.2 Å². The molecule has 1 aliphatic heterocycles. The summed E-state index contributed by atoms with van der Waals surface area (Å²) in [4.78, 5) is 4.62. The summed E-state index contributed by atoms with van der Waals surface area (Å²) in [6.45, 7) is 1.97. The molecule has 2 heterocycles. The summed E-state index contributed by atoms with van der Waals surface area (Å²) in [7, 11) is 0.294. The van der Waals surface area contributed by atoms with Gasteiger partial charge in [-0.1, -0.05) is 0 Å². The summed E-state index contributed by atoms with van der Waals surface area (Å²) in [5.74, 6) is 2.44. The van der Waals surface area contributed by atoms with Gasteiger partial charge in [-0.25, -0.2) is 13.4 Å². The maximum Gasteiger partial charge on any atom is 0.152 e. The number of ether oxygens (including phenoxy) is 2. The molecule has 3 rings (SSSR count). The fraction of sp³-hybridized carbons (Fsp3) is 0.438. The SMILES string of the molecule is COc1ccc(OC)c2c(C)cc(NC3CCS(=O)(=O)C3)nc12. The first-order chi connectivity index (χ1) is 10.9. The Hall–Kier alpha value is -2.02. The van der Waals surface area contributed by atoms with Crippen LogP contribution >= 0.6 is 0 Å². The molecule has 1 atom stereocenters. The minimum atomic E-state index is -2.93. The van der Waals surface area contributed by atoms with Gasteiger partial charge in [-0.2, -0.15) is 0 Å². The zero-order valence-electron chi connectivity index (χ0n) is 13.4. The van der Waals surface area contributed by atoms with Crippen molar-refractivity contribution in [3.8, 4) is 11.5 Å². The second kappa shape index (κ2) is 5.88. The maximum absolute atomic E-state index is 11.6. The summed E-state index contributed by atoms with van der Waals surface area (Å²) in [5, 5.41) is 4.13. The third kappa shape index (κ3) is 3.06. The molecule has 1 aliphatic rings. The van der Waals surface area contributed by atoms with Crippen LogP contribution < -0.4 is 14.8 Å². The van der Waals surface area contributed by atoms with Crippen LogP contribution in [0.25, 0.3) is 10.9 Å². The van der Waals surface area contributed by atoms with Gasteiger partial charge in [0, 0.05) is 11.4 Å². The Balaban J connectivity index is 2.03. The number of nitrogens with zero attached hydrogens (tertiary/aromatic N) is 1. The number of aryl methyl sites for hydroxylation is 1. The number of pyridine rings is 1. The highest BCUT2D eigenvalue weighted by Gasteiger charge is 2.28. The number of nitrogens with one attached hydrogen (secondary N) is 1. The Labute approximate surface area is 135 Å². The molecule has 6 nitrogen and oxygen atoms in total. The molecule has 0 saturated carbocycles. The predicted octanol–water partition coefficient (Wildman–Crippen LogP) is 2.16. The molecule has 1 fully saturated rings. The van der Waals surface area contributed by atoms with Crippen LogP contribution in [0.15, 0.2) is 18.2 Å². The fourth-order valence-corrected chi connectivity index (χ4v) is 4.68. The van der Waals surface area contributed by atoms with Crippen LogP contribution in [0.3, 0.4) is 0 Å². The van der Waals surface area contributed by atoms with Crippen LogP contribution in [0.1, 0.15) is 12.0 Å². The molecule has 1 N–H and O–H groups in total.